The molecule has 0 radical (unpaired) electrons. The van der Waals surface area contributed by atoms with Crippen LogP contribution in [-0.2, 0) is 23.7 Å². The van der Waals surface area contributed by atoms with Gasteiger partial charge in [-0.3, -0.25) is 4.79 Å². The van der Waals surface area contributed by atoms with Gasteiger partial charge in [-0.2, -0.15) is 0 Å². The average Bonchev–Trinajstić information content (AvgIpc) is 3.11. The molecule has 2 saturated heterocycles. The molecule has 21 heavy (non-hydrogen) atoms. The van der Waals surface area contributed by atoms with Crippen molar-refractivity contribution >= 4 is 5.91 Å². The summed E-state index contributed by atoms with van der Waals surface area (Å²) in [6, 6.07) is 0. The van der Waals surface area contributed by atoms with E-state index in [2.05, 4.69) is 5.32 Å². The average molecular weight is 301 g/mol. The number of aliphatic hydroxyl groups excluding tert-OH is 1. The molecule has 0 aromatic rings. The molecule has 2 spiro atoms. The van der Waals surface area contributed by atoms with Crippen LogP contribution in [0.25, 0.3) is 0 Å². The Balaban J connectivity index is 1.67. The summed E-state index contributed by atoms with van der Waals surface area (Å²) in [5.74, 6) is -1.49. The minimum absolute atomic E-state index is 0.0166. The molecule has 3 fully saturated rings. The summed E-state index contributed by atoms with van der Waals surface area (Å²) in [6.45, 7) is 2.47. The van der Waals surface area contributed by atoms with E-state index >= 15 is 0 Å². The van der Waals surface area contributed by atoms with Crippen molar-refractivity contribution < 1.29 is 28.8 Å². The highest BCUT2D eigenvalue weighted by Crippen LogP contribution is 2.49. The first-order valence-electron chi connectivity index (χ1n) is 7.61. The summed E-state index contributed by atoms with van der Waals surface area (Å²) < 4.78 is 23.3. The second-order valence-electron chi connectivity index (χ2n) is 5.81. The third-order valence-corrected chi connectivity index (χ3v) is 4.47. The van der Waals surface area contributed by atoms with Crippen LogP contribution >= 0.6 is 0 Å². The van der Waals surface area contributed by atoms with Gasteiger partial charge in [0.05, 0.1) is 39.5 Å². The van der Waals surface area contributed by atoms with Crippen LogP contribution in [0.2, 0.25) is 0 Å². The van der Waals surface area contributed by atoms with Crippen LogP contribution in [0.5, 0.6) is 0 Å². The molecule has 3 rings (SSSR count). The molecule has 3 aliphatic rings. The lowest BCUT2D eigenvalue weighted by molar-refractivity contribution is -0.295. The zero-order chi connectivity index (χ0) is 14.8. The summed E-state index contributed by atoms with van der Waals surface area (Å²) in [5, 5.41) is 11.5. The fourth-order valence-corrected chi connectivity index (χ4v) is 3.52. The van der Waals surface area contributed by atoms with E-state index in [0.717, 1.165) is 12.8 Å². The summed E-state index contributed by atoms with van der Waals surface area (Å²) in [5.41, 5.74) is 0. The van der Waals surface area contributed by atoms with E-state index in [1.807, 2.05) is 0 Å². The number of hydrogen-bond acceptors (Lipinski definition) is 6. The highest BCUT2D eigenvalue weighted by atomic mass is 16.8. The summed E-state index contributed by atoms with van der Waals surface area (Å²) in [4.78, 5) is 11.9. The molecular formula is C14H23NO6. The number of ether oxygens (including phenoxy) is 4. The summed E-state index contributed by atoms with van der Waals surface area (Å²) in [7, 11) is 0. The van der Waals surface area contributed by atoms with E-state index in [1.165, 1.54) is 0 Å². The van der Waals surface area contributed by atoms with E-state index in [1.54, 1.807) is 0 Å². The quantitative estimate of drug-likeness (QED) is 0.746. The van der Waals surface area contributed by atoms with Crippen molar-refractivity contribution in [2.75, 3.05) is 39.6 Å². The van der Waals surface area contributed by atoms with Crippen molar-refractivity contribution in [2.24, 2.45) is 5.92 Å². The fraction of sp³-hybridized carbons (Fsp3) is 0.929. The molecule has 1 saturated carbocycles. The highest BCUT2D eigenvalue weighted by Gasteiger charge is 2.56. The molecule has 2 heterocycles. The number of rotatable bonds is 4. The molecule has 2 aliphatic heterocycles. The molecular weight excluding hydrogens is 278 g/mol. The van der Waals surface area contributed by atoms with E-state index in [9.17, 15) is 4.79 Å². The van der Waals surface area contributed by atoms with Gasteiger partial charge in [-0.15, -0.1) is 0 Å². The maximum absolute atomic E-state index is 11.9. The number of carbonyl (C=O) groups is 1. The third kappa shape index (κ3) is 3.07. The topological polar surface area (TPSA) is 86.3 Å². The van der Waals surface area contributed by atoms with Gasteiger partial charge >= 0.3 is 0 Å². The predicted molar refractivity (Wildman–Crippen MR) is 71.3 cm³/mol. The zero-order valence-electron chi connectivity index (χ0n) is 12.1. The largest absolute Gasteiger partial charge is 0.395 e. The fourth-order valence-electron chi connectivity index (χ4n) is 3.52. The number of aliphatic hydroxyl groups is 1. The Morgan fingerprint density at radius 1 is 1.14 bits per heavy atom. The SMILES string of the molecule is O=C(CC1CCC2(CC13OCCO3)OCCO2)NCCO. The van der Waals surface area contributed by atoms with Crippen LogP contribution in [0.15, 0.2) is 0 Å². The molecule has 2 N–H and O–H groups in total. The van der Waals surface area contributed by atoms with Gasteiger partial charge in [-0.05, 0) is 6.42 Å². The molecule has 120 valence electrons. The molecule has 0 aromatic heterocycles. The van der Waals surface area contributed by atoms with E-state index < -0.39 is 11.6 Å². The number of hydrogen-bond donors (Lipinski definition) is 2. The molecule has 1 amide bonds. The van der Waals surface area contributed by atoms with Crippen LogP contribution in [-0.4, -0.2) is 62.2 Å². The lowest BCUT2D eigenvalue weighted by atomic mass is 9.77. The van der Waals surface area contributed by atoms with Crippen LogP contribution in [0.1, 0.15) is 25.7 Å². The first kappa shape index (κ1) is 15.2. The minimum atomic E-state index is -0.779. The molecule has 7 heteroatoms. The van der Waals surface area contributed by atoms with Gasteiger partial charge in [0.15, 0.2) is 11.6 Å². The van der Waals surface area contributed by atoms with Crippen LogP contribution in [0, 0.1) is 5.92 Å². The van der Waals surface area contributed by atoms with Gasteiger partial charge in [-0.1, -0.05) is 0 Å². The number of nitrogens with one attached hydrogen (secondary N) is 1. The van der Waals surface area contributed by atoms with Gasteiger partial charge in [0.25, 0.3) is 0 Å². The van der Waals surface area contributed by atoms with Crippen molar-refractivity contribution in [3.63, 3.8) is 0 Å². The Morgan fingerprint density at radius 2 is 1.81 bits per heavy atom. The molecule has 1 aliphatic carbocycles. The standard InChI is InChI=1S/C14H23NO6/c16-4-3-15-12(17)9-11-1-2-13(18-5-6-19-13)10-14(11)20-7-8-21-14/h11,16H,1-10H2,(H,15,17). The Labute approximate surface area is 123 Å². The van der Waals surface area contributed by atoms with Gasteiger partial charge in [0.1, 0.15) is 0 Å². The highest BCUT2D eigenvalue weighted by molar-refractivity contribution is 5.76. The second kappa shape index (κ2) is 6.18. The van der Waals surface area contributed by atoms with Crippen molar-refractivity contribution in [1.29, 1.82) is 0 Å². The Morgan fingerprint density at radius 3 is 2.48 bits per heavy atom. The Hall–Kier alpha value is -0.730. The number of amides is 1. The van der Waals surface area contributed by atoms with Gasteiger partial charge in [0.2, 0.25) is 5.91 Å². The van der Waals surface area contributed by atoms with Gasteiger partial charge in [0, 0.05) is 25.3 Å². The van der Waals surface area contributed by atoms with Crippen molar-refractivity contribution in [2.45, 2.75) is 37.3 Å². The van der Waals surface area contributed by atoms with Crippen LogP contribution in [0.4, 0.5) is 0 Å². The van der Waals surface area contributed by atoms with E-state index in [0.29, 0.717) is 39.3 Å². The monoisotopic (exact) mass is 301 g/mol. The Bertz CT molecular complexity index is 376. The van der Waals surface area contributed by atoms with Gasteiger partial charge < -0.3 is 29.4 Å². The van der Waals surface area contributed by atoms with Gasteiger partial charge in [-0.25, -0.2) is 0 Å². The van der Waals surface area contributed by atoms with E-state index in [-0.39, 0.29) is 25.0 Å². The normalized spacial score (nSPS) is 30.0. The number of carbonyl (C=O) groups excluding carboxylic acids is 1. The van der Waals surface area contributed by atoms with Crippen molar-refractivity contribution in [3.8, 4) is 0 Å². The van der Waals surface area contributed by atoms with Crippen molar-refractivity contribution in [1.82, 2.24) is 5.32 Å². The molecule has 7 nitrogen and oxygen atoms in total. The molecule has 0 aromatic carbocycles. The zero-order valence-corrected chi connectivity index (χ0v) is 12.1. The molecule has 1 atom stereocenters. The van der Waals surface area contributed by atoms with E-state index in [4.69, 9.17) is 24.1 Å². The second-order valence-corrected chi connectivity index (χ2v) is 5.81. The Kier molecular flexibility index (Phi) is 4.46. The summed E-state index contributed by atoms with van der Waals surface area (Å²) >= 11 is 0. The maximum atomic E-state index is 11.9. The maximum Gasteiger partial charge on any atom is 0.220 e. The van der Waals surface area contributed by atoms with Crippen molar-refractivity contribution in [3.05, 3.63) is 0 Å². The smallest absolute Gasteiger partial charge is 0.220 e. The lowest BCUT2D eigenvalue weighted by Gasteiger charge is -2.46. The molecule has 1 unspecified atom stereocenters. The third-order valence-electron chi connectivity index (χ3n) is 4.47. The lowest BCUT2D eigenvalue weighted by Crippen LogP contribution is -2.53. The van der Waals surface area contributed by atoms with Crippen LogP contribution < -0.4 is 5.32 Å². The first-order valence-corrected chi connectivity index (χ1v) is 7.61. The van der Waals surface area contributed by atoms with Crippen LogP contribution in [0.3, 0.4) is 0 Å². The summed E-state index contributed by atoms with van der Waals surface area (Å²) in [6.07, 6.45) is 2.35. The molecule has 0 bridgehead atoms. The minimum Gasteiger partial charge on any atom is -0.395 e. The first-order chi connectivity index (χ1) is 10.2. The predicted octanol–water partition coefficient (Wildman–Crippen LogP) is -0.229.